The third kappa shape index (κ3) is 3.57. The molecule has 4 nitrogen and oxygen atoms in total. The predicted molar refractivity (Wildman–Crippen MR) is 101 cm³/mol. The second-order valence-corrected chi connectivity index (χ2v) is 7.18. The molecule has 0 saturated carbocycles. The first kappa shape index (κ1) is 17.6. The van der Waals surface area contributed by atoms with E-state index >= 15 is 0 Å². The van der Waals surface area contributed by atoms with Gasteiger partial charge in [-0.2, -0.15) is 5.26 Å². The van der Waals surface area contributed by atoms with E-state index in [1.807, 2.05) is 75.4 Å². The largest absolute Gasteiger partial charge is 0.407 e. The Bertz CT molecular complexity index is 942. The molecule has 0 spiro atoms. The molecule has 0 unspecified atom stereocenters. The summed E-state index contributed by atoms with van der Waals surface area (Å²) >= 11 is 0. The van der Waals surface area contributed by atoms with E-state index in [2.05, 4.69) is 11.1 Å². The number of cyclic esters (lactones) is 1. The average molecular weight is 344 g/mol. The molecule has 0 atom stereocenters. The number of hydrogen-bond acceptors (Lipinski definition) is 4. The Balaban J connectivity index is 2.23. The fourth-order valence-corrected chi connectivity index (χ4v) is 2.88. The standard InChI is InChI=1S/C22H20N2O2/c1-22(2,3)20(18(14-23)15-9-5-4-6-10-15)24-21-17-12-8-7-11-16(17)13-19(25)26-21/h4-12H,13H2,1-3H3/b20-18-,24-21?. The third-order valence-electron chi connectivity index (χ3n) is 4.13. The predicted octanol–water partition coefficient (Wildman–Crippen LogP) is 4.51. The highest BCUT2D eigenvalue weighted by molar-refractivity contribution is 6.06. The van der Waals surface area contributed by atoms with Crippen LogP contribution < -0.4 is 0 Å². The van der Waals surface area contributed by atoms with Crippen molar-refractivity contribution in [3.05, 3.63) is 77.0 Å². The van der Waals surface area contributed by atoms with Crippen LogP contribution in [-0.2, 0) is 16.0 Å². The fourth-order valence-electron chi connectivity index (χ4n) is 2.88. The molecule has 0 aromatic heterocycles. The minimum absolute atomic E-state index is 0.230. The van der Waals surface area contributed by atoms with Crippen LogP contribution in [0, 0.1) is 16.7 Å². The molecule has 1 aliphatic heterocycles. The van der Waals surface area contributed by atoms with Crippen LogP contribution in [0.25, 0.3) is 5.57 Å². The van der Waals surface area contributed by atoms with E-state index in [4.69, 9.17) is 4.74 Å². The van der Waals surface area contributed by atoms with Gasteiger partial charge in [-0.1, -0.05) is 69.3 Å². The van der Waals surface area contributed by atoms with Gasteiger partial charge in [0, 0.05) is 11.0 Å². The summed E-state index contributed by atoms with van der Waals surface area (Å²) in [6, 6.07) is 19.3. The van der Waals surface area contributed by atoms with Crippen LogP contribution in [0.3, 0.4) is 0 Å². The first-order chi connectivity index (χ1) is 12.4. The van der Waals surface area contributed by atoms with Gasteiger partial charge in [0.15, 0.2) is 0 Å². The topological polar surface area (TPSA) is 62.4 Å². The van der Waals surface area contributed by atoms with Crippen molar-refractivity contribution in [1.82, 2.24) is 0 Å². The van der Waals surface area contributed by atoms with Crippen LogP contribution in [0.4, 0.5) is 0 Å². The number of nitrogens with zero attached hydrogens (tertiary/aromatic N) is 2. The zero-order chi connectivity index (χ0) is 18.7. The molecule has 0 radical (unpaired) electrons. The normalized spacial score (nSPS) is 16.4. The smallest absolute Gasteiger partial charge is 0.317 e. The van der Waals surface area contributed by atoms with Gasteiger partial charge in [-0.25, -0.2) is 4.99 Å². The highest BCUT2D eigenvalue weighted by atomic mass is 16.5. The minimum atomic E-state index is -0.410. The van der Waals surface area contributed by atoms with Crippen LogP contribution >= 0.6 is 0 Å². The molecule has 0 N–H and O–H groups in total. The number of fused-ring (bicyclic) bond motifs is 1. The van der Waals surface area contributed by atoms with Crippen molar-refractivity contribution < 1.29 is 9.53 Å². The van der Waals surface area contributed by atoms with Gasteiger partial charge < -0.3 is 4.74 Å². The molecule has 2 aromatic carbocycles. The number of carbonyl (C=O) groups is 1. The Morgan fingerprint density at radius 2 is 1.73 bits per heavy atom. The maximum atomic E-state index is 12.0. The van der Waals surface area contributed by atoms with Crippen LogP contribution in [0.1, 0.15) is 37.5 Å². The van der Waals surface area contributed by atoms with E-state index in [-0.39, 0.29) is 18.3 Å². The summed E-state index contributed by atoms with van der Waals surface area (Å²) in [7, 11) is 0. The SMILES string of the molecule is CC(C)(C)/C(N=C1OC(=O)Cc2ccccc21)=C(\C#N)c1ccccc1. The van der Waals surface area contributed by atoms with Crippen LogP contribution in [0.15, 0.2) is 65.3 Å². The Morgan fingerprint density at radius 3 is 2.38 bits per heavy atom. The number of benzene rings is 2. The summed E-state index contributed by atoms with van der Waals surface area (Å²) in [5.74, 6) is -0.0839. The summed E-state index contributed by atoms with van der Waals surface area (Å²) < 4.78 is 5.44. The van der Waals surface area contributed by atoms with E-state index in [0.717, 1.165) is 16.7 Å². The molecule has 2 aromatic rings. The lowest BCUT2D eigenvalue weighted by Crippen LogP contribution is -2.25. The summed E-state index contributed by atoms with van der Waals surface area (Å²) in [4.78, 5) is 16.7. The van der Waals surface area contributed by atoms with Crippen molar-refractivity contribution in [2.45, 2.75) is 27.2 Å². The van der Waals surface area contributed by atoms with E-state index in [1.54, 1.807) is 0 Å². The molecule has 130 valence electrons. The number of esters is 1. The average Bonchev–Trinajstić information content (AvgIpc) is 2.61. The van der Waals surface area contributed by atoms with Gasteiger partial charge in [0.25, 0.3) is 0 Å². The quantitative estimate of drug-likeness (QED) is 0.594. The summed E-state index contributed by atoms with van der Waals surface area (Å²) in [6.07, 6.45) is 0.230. The summed E-state index contributed by atoms with van der Waals surface area (Å²) in [5.41, 5.74) is 3.12. The molecular weight excluding hydrogens is 324 g/mol. The summed E-state index contributed by atoms with van der Waals surface area (Å²) in [6.45, 7) is 5.97. The van der Waals surface area contributed by atoms with E-state index in [0.29, 0.717) is 11.3 Å². The number of carbonyl (C=O) groups excluding carboxylic acids is 1. The lowest BCUT2D eigenvalue weighted by atomic mass is 9.87. The van der Waals surface area contributed by atoms with Crippen molar-refractivity contribution in [3.63, 3.8) is 0 Å². The fraction of sp³-hybridized carbons (Fsp3) is 0.227. The zero-order valence-corrected chi connectivity index (χ0v) is 15.1. The second-order valence-electron chi connectivity index (χ2n) is 7.18. The van der Waals surface area contributed by atoms with E-state index < -0.39 is 5.41 Å². The molecule has 0 saturated heterocycles. The monoisotopic (exact) mass is 344 g/mol. The van der Waals surface area contributed by atoms with Gasteiger partial charge in [0.05, 0.1) is 17.7 Å². The van der Waals surface area contributed by atoms with Gasteiger partial charge in [-0.15, -0.1) is 0 Å². The molecule has 26 heavy (non-hydrogen) atoms. The van der Waals surface area contributed by atoms with Crippen molar-refractivity contribution in [2.24, 2.45) is 10.4 Å². The van der Waals surface area contributed by atoms with Crippen LogP contribution in [0.5, 0.6) is 0 Å². The van der Waals surface area contributed by atoms with Gasteiger partial charge in [-0.3, -0.25) is 4.79 Å². The number of ether oxygens (including phenoxy) is 1. The second kappa shape index (κ2) is 6.97. The molecule has 0 bridgehead atoms. The lowest BCUT2D eigenvalue weighted by Gasteiger charge is -2.24. The number of aliphatic imine (C=N–C) groups is 1. The van der Waals surface area contributed by atoms with Crippen molar-refractivity contribution in [3.8, 4) is 6.07 Å². The minimum Gasteiger partial charge on any atom is -0.407 e. The van der Waals surface area contributed by atoms with Crippen LogP contribution in [-0.4, -0.2) is 11.9 Å². The Morgan fingerprint density at radius 1 is 1.08 bits per heavy atom. The van der Waals surface area contributed by atoms with Gasteiger partial charge in [0.2, 0.25) is 5.90 Å². The van der Waals surface area contributed by atoms with E-state index in [9.17, 15) is 10.1 Å². The van der Waals surface area contributed by atoms with Crippen molar-refractivity contribution in [2.75, 3.05) is 0 Å². The number of allylic oxidation sites excluding steroid dienone is 2. The molecule has 1 heterocycles. The molecular formula is C22H20N2O2. The summed E-state index contributed by atoms with van der Waals surface area (Å²) in [5, 5.41) is 9.81. The Kier molecular flexibility index (Phi) is 4.73. The lowest BCUT2D eigenvalue weighted by molar-refractivity contribution is -0.135. The number of rotatable bonds is 2. The van der Waals surface area contributed by atoms with Crippen molar-refractivity contribution >= 4 is 17.4 Å². The molecule has 4 heteroatoms. The molecule has 0 aliphatic carbocycles. The highest BCUT2D eigenvalue weighted by Gasteiger charge is 2.27. The van der Waals surface area contributed by atoms with Crippen molar-refractivity contribution in [1.29, 1.82) is 5.26 Å². The molecule has 1 aliphatic rings. The third-order valence-corrected chi connectivity index (χ3v) is 4.13. The zero-order valence-electron chi connectivity index (χ0n) is 15.1. The molecule has 0 amide bonds. The molecule has 0 fully saturated rings. The van der Waals surface area contributed by atoms with Crippen LogP contribution in [0.2, 0.25) is 0 Å². The van der Waals surface area contributed by atoms with Gasteiger partial charge in [0.1, 0.15) is 6.07 Å². The maximum Gasteiger partial charge on any atom is 0.317 e. The highest BCUT2D eigenvalue weighted by Crippen LogP contribution is 2.34. The maximum absolute atomic E-state index is 12.0. The van der Waals surface area contributed by atoms with E-state index in [1.165, 1.54) is 0 Å². The van der Waals surface area contributed by atoms with Gasteiger partial charge in [-0.05, 0) is 17.2 Å². The Hall–Kier alpha value is -3.19. The number of nitriles is 1. The first-order valence-corrected chi connectivity index (χ1v) is 8.48. The number of hydrogen-bond donors (Lipinski definition) is 0. The Labute approximate surface area is 153 Å². The first-order valence-electron chi connectivity index (χ1n) is 8.48. The molecule has 3 rings (SSSR count). The van der Waals surface area contributed by atoms with Gasteiger partial charge >= 0.3 is 5.97 Å².